The second kappa shape index (κ2) is 6.61. The second-order valence-electron chi connectivity index (χ2n) is 4.51. The molecule has 0 bridgehead atoms. The Morgan fingerprint density at radius 1 is 1.10 bits per heavy atom. The summed E-state index contributed by atoms with van der Waals surface area (Å²) < 4.78 is 4.55. The third kappa shape index (κ3) is 3.75. The Balaban J connectivity index is 2.00. The number of carbonyl (C=O) groups is 1. The van der Waals surface area contributed by atoms with E-state index in [4.69, 9.17) is 0 Å². The Labute approximate surface area is 119 Å². The quantitative estimate of drug-likeness (QED) is 0.924. The van der Waals surface area contributed by atoms with E-state index >= 15 is 0 Å². The number of methoxy groups -OCH3 is 1. The van der Waals surface area contributed by atoms with Crippen molar-refractivity contribution >= 4 is 17.5 Å². The number of benzene rings is 2. The predicted octanol–water partition coefficient (Wildman–Crippen LogP) is 3.50. The predicted molar refractivity (Wildman–Crippen MR) is 81.0 cm³/mol. The van der Waals surface area contributed by atoms with Crippen LogP contribution < -0.4 is 10.2 Å². The molecule has 1 amide bonds. The lowest BCUT2D eigenvalue weighted by Gasteiger charge is -2.19. The van der Waals surface area contributed by atoms with Gasteiger partial charge in [0.1, 0.15) is 0 Å². The van der Waals surface area contributed by atoms with E-state index < -0.39 is 6.09 Å². The van der Waals surface area contributed by atoms with Gasteiger partial charge in [-0.15, -0.1) is 0 Å². The first kappa shape index (κ1) is 13.9. The molecule has 0 fully saturated rings. The molecule has 0 spiro atoms. The zero-order valence-corrected chi connectivity index (χ0v) is 11.7. The average Bonchev–Trinajstić information content (AvgIpc) is 2.49. The van der Waals surface area contributed by atoms with Gasteiger partial charge in [-0.05, 0) is 29.8 Å². The maximum Gasteiger partial charge on any atom is 0.411 e. The smallest absolute Gasteiger partial charge is 0.411 e. The summed E-state index contributed by atoms with van der Waals surface area (Å²) in [4.78, 5) is 13.2. The number of anilines is 2. The van der Waals surface area contributed by atoms with Crippen molar-refractivity contribution in [1.29, 1.82) is 0 Å². The van der Waals surface area contributed by atoms with E-state index in [0.717, 1.165) is 12.2 Å². The summed E-state index contributed by atoms with van der Waals surface area (Å²) in [6.45, 7) is 0.838. The molecule has 2 rings (SSSR count). The normalized spacial score (nSPS) is 9.90. The maximum absolute atomic E-state index is 11.1. The maximum atomic E-state index is 11.1. The Kier molecular flexibility index (Phi) is 4.60. The summed E-state index contributed by atoms with van der Waals surface area (Å²) in [5, 5.41) is 2.63. The first-order chi connectivity index (χ1) is 9.69. The van der Waals surface area contributed by atoms with Gasteiger partial charge >= 0.3 is 6.09 Å². The van der Waals surface area contributed by atoms with Crippen LogP contribution in [0.25, 0.3) is 0 Å². The van der Waals surface area contributed by atoms with Gasteiger partial charge in [0.15, 0.2) is 0 Å². The molecule has 0 heterocycles. The molecule has 0 unspecified atom stereocenters. The summed E-state index contributed by atoms with van der Waals surface area (Å²) in [6.07, 6.45) is -0.463. The van der Waals surface area contributed by atoms with E-state index in [9.17, 15) is 4.79 Å². The fourth-order valence-electron chi connectivity index (χ4n) is 1.92. The molecule has 4 nitrogen and oxygen atoms in total. The highest BCUT2D eigenvalue weighted by Gasteiger charge is 2.04. The summed E-state index contributed by atoms with van der Waals surface area (Å²) in [7, 11) is 3.38. The van der Waals surface area contributed by atoms with Crippen LogP contribution in [0, 0.1) is 0 Å². The number of rotatable bonds is 4. The topological polar surface area (TPSA) is 41.6 Å². The van der Waals surface area contributed by atoms with Crippen molar-refractivity contribution < 1.29 is 9.53 Å². The first-order valence-corrected chi connectivity index (χ1v) is 6.39. The lowest BCUT2D eigenvalue weighted by molar-refractivity contribution is 0.187. The molecule has 0 atom stereocenters. The lowest BCUT2D eigenvalue weighted by Crippen LogP contribution is -2.16. The van der Waals surface area contributed by atoms with E-state index in [0.29, 0.717) is 5.69 Å². The van der Waals surface area contributed by atoms with Crippen LogP contribution in [-0.2, 0) is 11.3 Å². The van der Waals surface area contributed by atoms with Crippen molar-refractivity contribution in [3.63, 3.8) is 0 Å². The highest BCUT2D eigenvalue weighted by molar-refractivity contribution is 5.84. The minimum absolute atomic E-state index is 0.463. The molecule has 0 aliphatic carbocycles. The van der Waals surface area contributed by atoms with Gasteiger partial charge in [0.2, 0.25) is 0 Å². The third-order valence-electron chi connectivity index (χ3n) is 3.00. The van der Waals surface area contributed by atoms with E-state index in [-0.39, 0.29) is 0 Å². The van der Waals surface area contributed by atoms with Gasteiger partial charge in [-0.3, -0.25) is 5.32 Å². The number of carbonyl (C=O) groups excluding carboxylic acids is 1. The standard InChI is InChI=1S/C16H18N2O2/c1-18(12-13-6-4-3-5-7-13)15-10-8-14(9-11-15)17-16(19)20-2/h3-11H,12H2,1-2H3,(H,17,19). The molecule has 104 valence electrons. The number of hydrogen-bond acceptors (Lipinski definition) is 3. The minimum atomic E-state index is -0.463. The van der Waals surface area contributed by atoms with Crippen LogP contribution >= 0.6 is 0 Å². The van der Waals surface area contributed by atoms with E-state index in [1.807, 2.05) is 49.5 Å². The zero-order valence-electron chi connectivity index (χ0n) is 11.7. The van der Waals surface area contributed by atoms with Gasteiger partial charge < -0.3 is 9.64 Å². The molecule has 0 saturated heterocycles. The molecular formula is C16H18N2O2. The van der Waals surface area contributed by atoms with Gasteiger partial charge in [0, 0.05) is 25.0 Å². The van der Waals surface area contributed by atoms with Crippen LogP contribution in [0.3, 0.4) is 0 Å². The Morgan fingerprint density at radius 2 is 1.75 bits per heavy atom. The molecule has 20 heavy (non-hydrogen) atoms. The van der Waals surface area contributed by atoms with Gasteiger partial charge in [0.05, 0.1) is 7.11 Å². The average molecular weight is 270 g/mol. The number of nitrogens with zero attached hydrogens (tertiary/aromatic N) is 1. The minimum Gasteiger partial charge on any atom is -0.453 e. The van der Waals surface area contributed by atoms with Crippen LogP contribution in [0.5, 0.6) is 0 Å². The molecule has 0 saturated carbocycles. The van der Waals surface area contributed by atoms with E-state index in [1.165, 1.54) is 12.7 Å². The number of hydrogen-bond donors (Lipinski definition) is 1. The SMILES string of the molecule is COC(=O)Nc1ccc(N(C)Cc2ccccc2)cc1. The van der Waals surface area contributed by atoms with Crippen molar-refractivity contribution in [2.75, 3.05) is 24.4 Å². The molecule has 1 N–H and O–H groups in total. The van der Waals surface area contributed by atoms with Gasteiger partial charge in [0.25, 0.3) is 0 Å². The molecule has 2 aromatic rings. The number of nitrogens with one attached hydrogen (secondary N) is 1. The van der Waals surface area contributed by atoms with Crippen LogP contribution in [0.4, 0.5) is 16.2 Å². The van der Waals surface area contributed by atoms with Crippen LogP contribution in [0.2, 0.25) is 0 Å². The Morgan fingerprint density at radius 3 is 2.35 bits per heavy atom. The number of amides is 1. The van der Waals surface area contributed by atoms with E-state index in [2.05, 4.69) is 27.1 Å². The fraction of sp³-hybridized carbons (Fsp3) is 0.188. The highest BCUT2D eigenvalue weighted by atomic mass is 16.5. The van der Waals surface area contributed by atoms with Crippen LogP contribution in [0.1, 0.15) is 5.56 Å². The molecule has 0 aliphatic heterocycles. The summed E-state index contributed by atoms with van der Waals surface area (Å²) in [5.74, 6) is 0. The first-order valence-electron chi connectivity index (χ1n) is 6.39. The molecule has 2 aromatic carbocycles. The monoisotopic (exact) mass is 270 g/mol. The summed E-state index contributed by atoms with van der Waals surface area (Å²) in [5.41, 5.74) is 3.06. The van der Waals surface area contributed by atoms with Crippen molar-refractivity contribution in [1.82, 2.24) is 0 Å². The zero-order chi connectivity index (χ0) is 14.4. The molecular weight excluding hydrogens is 252 g/mol. The highest BCUT2D eigenvalue weighted by Crippen LogP contribution is 2.18. The van der Waals surface area contributed by atoms with Gasteiger partial charge in [-0.1, -0.05) is 30.3 Å². The third-order valence-corrected chi connectivity index (χ3v) is 3.00. The Bertz CT molecular complexity index is 552. The fourth-order valence-corrected chi connectivity index (χ4v) is 1.92. The van der Waals surface area contributed by atoms with Crippen molar-refractivity contribution in [3.05, 3.63) is 60.2 Å². The van der Waals surface area contributed by atoms with Crippen LogP contribution in [-0.4, -0.2) is 20.3 Å². The summed E-state index contributed by atoms with van der Waals surface area (Å²) >= 11 is 0. The number of ether oxygens (including phenoxy) is 1. The van der Waals surface area contributed by atoms with Gasteiger partial charge in [-0.2, -0.15) is 0 Å². The summed E-state index contributed by atoms with van der Waals surface area (Å²) in [6, 6.07) is 17.9. The molecule has 0 aliphatic rings. The van der Waals surface area contributed by atoms with Gasteiger partial charge in [-0.25, -0.2) is 4.79 Å². The largest absolute Gasteiger partial charge is 0.453 e. The van der Waals surface area contributed by atoms with E-state index in [1.54, 1.807) is 0 Å². The van der Waals surface area contributed by atoms with Crippen molar-refractivity contribution in [2.24, 2.45) is 0 Å². The lowest BCUT2D eigenvalue weighted by atomic mass is 10.2. The van der Waals surface area contributed by atoms with Crippen molar-refractivity contribution in [3.8, 4) is 0 Å². The van der Waals surface area contributed by atoms with Crippen LogP contribution in [0.15, 0.2) is 54.6 Å². The molecule has 4 heteroatoms. The Hall–Kier alpha value is -2.49. The molecule has 0 aromatic heterocycles. The molecule has 0 radical (unpaired) electrons. The second-order valence-corrected chi connectivity index (χ2v) is 4.51. The van der Waals surface area contributed by atoms with Crippen molar-refractivity contribution in [2.45, 2.75) is 6.54 Å².